The third kappa shape index (κ3) is 3.12. The molecule has 1 aliphatic carbocycles. The van der Waals surface area contributed by atoms with E-state index in [1.807, 2.05) is 19.1 Å². The standard InChI is InChI=1S/C20H22FN3O/c1-15-8-9-19(17(21)14-15)24-18-7-5-3-2-4-6-16(18)20(22-24)23-10-12-25-13-11-23/h2,4,6-9,14H,3,5,10-13H2,1H3/b4-2-,16-6+,18-7+. The van der Waals surface area contributed by atoms with Crippen LogP contribution in [-0.2, 0) is 4.74 Å². The molecule has 1 aliphatic heterocycles. The number of ether oxygens (including phenoxy) is 1. The third-order valence-corrected chi connectivity index (χ3v) is 4.65. The molecule has 4 rings (SSSR count). The Bertz CT molecular complexity index is 923. The van der Waals surface area contributed by atoms with Crippen LogP contribution in [0.1, 0.15) is 18.4 Å². The number of allylic oxidation sites excluding steroid dienone is 2. The van der Waals surface area contributed by atoms with Gasteiger partial charge in [0.15, 0.2) is 5.82 Å². The summed E-state index contributed by atoms with van der Waals surface area (Å²) >= 11 is 0. The van der Waals surface area contributed by atoms with Crippen molar-refractivity contribution in [3.8, 4) is 5.69 Å². The summed E-state index contributed by atoms with van der Waals surface area (Å²) in [6.45, 7) is 4.89. The summed E-state index contributed by atoms with van der Waals surface area (Å²) in [5, 5.41) is 6.83. The number of hydrogen-bond acceptors (Lipinski definition) is 3. The number of rotatable bonds is 2. The number of benzene rings is 1. The van der Waals surface area contributed by atoms with Crippen LogP contribution in [0.2, 0.25) is 0 Å². The zero-order chi connectivity index (χ0) is 17.2. The van der Waals surface area contributed by atoms with E-state index in [9.17, 15) is 4.39 Å². The number of fused-ring (bicyclic) bond motifs is 1. The monoisotopic (exact) mass is 339 g/mol. The topological polar surface area (TPSA) is 30.3 Å². The molecule has 0 N–H and O–H groups in total. The predicted octanol–water partition coefficient (Wildman–Crippen LogP) is 2.07. The van der Waals surface area contributed by atoms with E-state index in [0.29, 0.717) is 18.9 Å². The normalized spacial score (nSPS) is 21.3. The van der Waals surface area contributed by atoms with E-state index in [1.54, 1.807) is 10.7 Å². The van der Waals surface area contributed by atoms with E-state index in [-0.39, 0.29) is 5.82 Å². The molecule has 2 aromatic rings. The van der Waals surface area contributed by atoms with Crippen molar-refractivity contribution in [3.63, 3.8) is 0 Å². The van der Waals surface area contributed by atoms with Gasteiger partial charge in [-0.25, -0.2) is 9.07 Å². The van der Waals surface area contributed by atoms with Gasteiger partial charge in [-0.3, -0.25) is 0 Å². The van der Waals surface area contributed by atoms with Crippen LogP contribution in [0.25, 0.3) is 17.8 Å². The molecule has 0 bridgehead atoms. The molecule has 0 amide bonds. The van der Waals surface area contributed by atoms with Crippen molar-refractivity contribution in [2.75, 3.05) is 31.2 Å². The van der Waals surface area contributed by atoms with Gasteiger partial charge in [-0.2, -0.15) is 0 Å². The fourth-order valence-corrected chi connectivity index (χ4v) is 3.34. The molecule has 0 spiro atoms. The Morgan fingerprint density at radius 2 is 2.00 bits per heavy atom. The van der Waals surface area contributed by atoms with Gasteiger partial charge < -0.3 is 9.64 Å². The summed E-state index contributed by atoms with van der Waals surface area (Å²) in [5.74, 6) is 0.658. The van der Waals surface area contributed by atoms with Crippen LogP contribution >= 0.6 is 0 Å². The molecule has 5 heteroatoms. The van der Waals surface area contributed by atoms with E-state index < -0.39 is 0 Å². The SMILES string of the molecule is Cc1ccc(-n2nc(N3CCOCC3)c3/c2=C\CC/C=C\C=3)c(F)c1. The van der Waals surface area contributed by atoms with Crippen LogP contribution in [0, 0.1) is 12.7 Å². The van der Waals surface area contributed by atoms with Crippen LogP contribution in [0.4, 0.5) is 10.2 Å². The summed E-state index contributed by atoms with van der Waals surface area (Å²) in [6, 6.07) is 5.29. The maximum atomic E-state index is 14.6. The molecule has 2 aliphatic rings. The Morgan fingerprint density at radius 3 is 2.80 bits per heavy atom. The molecular formula is C20H22FN3O. The first-order valence-corrected chi connectivity index (χ1v) is 8.79. The minimum atomic E-state index is -0.246. The number of aromatic nitrogens is 2. The maximum Gasteiger partial charge on any atom is 0.159 e. The van der Waals surface area contributed by atoms with Gasteiger partial charge in [-0.05, 0) is 43.5 Å². The van der Waals surface area contributed by atoms with Crippen molar-refractivity contribution in [1.29, 1.82) is 0 Å². The highest BCUT2D eigenvalue weighted by molar-refractivity contribution is 5.54. The summed E-state index contributed by atoms with van der Waals surface area (Å²) in [7, 11) is 0. The Balaban J connectivity index is 1.94. The molecule has 0 unspecified atom stereocenters. The van der Waals surface area contributed by atoms with Gasteiger partial charge in [0.25, 0.3) is 0 Å². The predicted molar refractivity (Wildman–Crippen MR) is 97.8 cm³/mol. The molecule has 1 aromatic carbocycles. The first kappa shape index (κ1) is 16.1. The third-order valence-electron chi connectivity index (χ3n) is 4.65. The fourth-order valence-electron chi connectivity index (χ4n) is 3.34. The average Bonchev–Trinajstić information content (AvgIpc) is 2.93. The van der Waals surface area contributed by atoms with Crippen LogP contribution in [0.5, 0.6) is 0 Å². The highest BCUT2D eigenvalue weighted by Crippen LogP contribution is 2.15. The molecule has 130 valence electrons. The molecular weight excluding hydrogens is 317 g/mol. The summed E-state index contributed by atoms with van der Waals surface area (Å²) in [5.41, 5.74) is 1.40. The van der Waals surface area contributed by atoms with Gasteiger partial charge in [-0.1, -0.05) is 24.3 Å². The lowest BCUT2D eigenvalue weighted by molar-refractivity contribution is 0.122. The second-order valence-corrected chi connectivity index (χ2v) is 6.46. The van der Waals surface area contributed by atoms with Crippen molar-refractivity contribution in [3.05, 3.63) is 52.3 Å². The minimum Gasteiger partial charge on any atom is -0.378 e. The Kier molecular flexibility index (Phi) is 4.40. The first-order valence-electron chi connectivity index (χ1n) is 8.79. The maximum absolute atomic E-state index is 14.6. The van der Waals surface area contributed by atoms with Crippen molar-refractivity contribution in [2.45, 2.75) is 19.8 Å². The number of halogens is 1. The first-order chi connectivity index (χ1) is 12.2. The van der Waals surface area contributed by atoms with E-state index in [2.05, 4.69) is 29.2 Å². The van der Waals surface area contributed by atoms with E-state index in [1.165, 1.54) is 0 Å². The highest BCUT2D eigenvalue weighted by atomic mass is 19.1. The molecule has 0 radical (unpaired) electrons. The minimum absolute atomic E-state index is 0.246. The molecule has 1 aromatic heterocycles. The molecule has 2 heterocycles. The lowest BCUT2D eigenvalue weighted by Crippen LogP contribution is -2.40. The molecule has 4 nitrogen and oxygen atoms in total. The van der Waals surface area contributed by atoms with Crippen molar-refractivity contribution >= 4 is 18.0 Å². The number of morpholine rings is 1. The van der Waals surface area contributed by atoms with Crippen molar-refractivity contribution < 1.29 is 9.13 Å². The lowest BCUT2D eigenvalue weighted by Gasteiger charge is -2.26. The van der Waals surface area contributed by atoms with Crippen LogP contribution in [0.15, 0.2) is 30.4 Å². The zero-order valence-corrected chi connectivity index (χ0v) is 14.4. The molecule has 1 fully saturated rings. The van der Waals surface area contributed by atoms with Crippen LogP contribution in [-0.4, -0.2) is 36.1 Å². The van der Waals surface area contributed by atoms with Crippen LogP contribution < -0.4 is 15.5 Å². The summed E-state index contributed by atoms with van der Waals surface area (Å²) < 4.78 is 21.8. The quantitative estimate of drug-likeness (QED) is 0.839. The summed E-state index contributed by atoms with van der Waals surface area (Å²) in [6.07, 6.45) is 10.4. The number of aryl methyl sites for hydroxylation is 1. The van der Waals surface area contributed by atoms with E-state index in [0.717, 1.165) is 47.9 Å². The number of hydrogen-bond donors (Lipinski definition) is 0. The Labute approximate surface area is 146 Å². The van der Waals surface area contributed by atoms with Crippen LogP contribution in [0.3, 0.4) is 0 Å². The number of anilines is 1. The molecule has 0 atom stereocenters. The van der Waals surface area contributed by atoms with Gasteiger partial charge >= 0.3 is 0 Å². The molecule has 0 saturated carbocycles. The van der Waals surface area contributed by atoms with Gasteiger partial charge in [0, 0.05) is 18.3 Å². The largest absolute Gasteiger partial charge is 0.378 e. The average molecular weight is 339 g/mol. The van der Waals surface area contributed by atoms with E-state index in [4.69, 9.17) is 9.84 Å². The smallest absolute Gasteiger partial charge is 0.159 e. The molecule has 1 saturated heterocycles. The van der Waals surface area contributed by atoms with Crippen molar-refractivity contribution in [2.24, 2.45) is 0 Å². The molecule has 25 heavy (non-hydrogen) atoms. The lowest BCUT2D eigenvalue weighted by atomic mass is 10.2. The fraction of sp³-hybridized carbons (Fsp3) is 0.350. The summed E-state index contributed by atoms with van der Waals surface area (Å²) in [4.78, 5) is 2.23. The number of nitrogens with zero attached hydrogens (tertiary/aromatic N) is 3. The Hall–Kier alpha value is -2.40. The highest BCUT2D eigenvalue weighted by Gasteiger charge is 2.19. The van der Waals surface area contributed by atoms with Gasteiger partial charge in [0.1, 0.15) is 11.5 Å². The van der Waals surface area contributed by atoms with Gasteiger partial charge in [-0.15, -0.1) is 5.10 Å². The van der Waals surface area contributed by atoms with Gasteiger partial charge in [0.05, 0.1) is 18.6 Å². The van der Waals surface area contributed by atoms with E-state index >= 15 is 0 Å². The van der Waals surface area contributed by atoms with Crippen molar-refractivity contribution in [1.82, 2.24) is 9.78 Å². The zero-order valence-electron chi connectivity index (χ0n) is 14.4. The Morgan fingerprint density at radius 1 is 1.16 bits per heavy atom. The second-order valence-electron chi connectivity index (χ2n) is 6.46. The van der Waals surface area contributed by atoms with Gasteiger partial charge in [0.2, 0.25) is 0 Å². The second kappa shape index (κ2) is 6.84.